The van der Waals surface area contributed by atoms with Crippen LogP contribution in [0.15, 0.2) is 60.7 Å². The zero-order valence-electron chi connectivity index (χ0n) is 9.79. The van der Waals surface area contributed by atoms with Crippen molar-refractivity contribution >= 4 is 12.2 Å². The second-order valence-electron chi connectivity index (χ2n) is 3.15. The van der Waals surface area contributed by atoms with Gasteiger partial charge in [0, 0.05) is 0 Å². The molecule has 0 saturated heterocycles. The molecule has 2 rings (SSSR count). The minimum Gasteiger partial charge on any atom is -0.292 e. The molecule has 0 nitrogen and oxygen atoms in total. The van der Waals surface area contributed by atoms with Gasteiger partial charge in [0.15, 0.2) is 0 Å². The van der Waals surface area contributed by atoms with Crippen molar-refractivity contribution in [3.63, 3.8) is 0 Å². The second-order valence-corrected chi connectivity index (χ2v) is 3.15. The molecule has 0 radical (unpaired) electrons. The van der Waals surface area contributed by atoms with Crippen molar-refractivity contribution in [2.24, 2.45) is 0 Å². The van der Waals surface area contributed by atoms with Crippen LogP contribution >= 0.6 is 0 Å². The van der Waals surface area contributed by atoms with Crippen LogP contribution in [0.5, 0.6) is 0 Å². The van der Waals surface area contributed by atoms with E-state index in [0.29, 0.717) is 0 Å². The predicted molar refractivity (Wildman–Crippen MR) is 70.4 cm³/mol. The standard InChI is InChI=1S/2C8H7.Zn/c2*1-2-8-6-4-3-5-7-8;/h2*1-7H;/q2*-1;+2. The van der Waals surface area contributed by atoms with Crippen LogP contribution < -0.4 is 0 Å². The van der Waals surface area contributed by atoms with Gasteiger partial charge in [-0.15, -0.1) is 24.3 Å². The molecule has 80 valence electrons. The molecule has 17 heavy (non-hydrogen) atoms. The predicted octanol–water partition coefficient (Wildman–Crippen LogP) is 4.26. The van der Waals surface area contributed by atoms with Gasteiger partial charge < -0.3 is 0 Å². The summed E-state index contributed by atoms with van der Waals surface area (Å²) in [5.41, 5.74) is 2.13. The summed E-state index contributed by atoms with van der Waals surface area (Å²) in [6, 6.07) is 19.6. The smallest absolute Gasteiger partial charge is 0.292 e. The molecule has 0 bridgehead atoms. The third-order valence-electron chi connectivity index (χ3n) is 1.98. The third-order valence-corrected chi connectivity index (χ3v) is 1.98. The maximum Gasteiger partial charge on any atom is 2.00 e. The topological polar surface area (TPSA) is 0 Å². The fraction of sp³-hybridized carbons (Fsp3) is 0. The molecule has 0 fully saturated rings. The Morgan fingerprint density at radius 1 is 0.588 bits per heavy atom. The van der Waals surface area contributed by atoms with Gasteiger partial charge in [-0.1, -0.05) is 36.4 Å². The van der Waals surface area contributed by atoms with Crippen molar-refractivity contribution in [1.82, 2.24) is 0 Å². The van der Waals surface area contributed by atoms with Gasteiger partial charge in [0.05, 0.1) is 0 Å². The Morgan fingerprint density at radius 3 is 1.06 bits per heavy atom. The summed E-state index contributed by atoms with van der Waals surface area (Å²) in [6.45, 7) is 10.4. The van der Waals surface area contributed by atoms with Gasteiger partial charge in [-0.05, 0) is 0 Å². The van der Waals surface area contributed by atoms with Crippen molar-refractivity contribution in [3.05, 3.63) is 84.9 Å². The quantitative estimate of drug-likeness (QED) is 0.565. The van der Waals surface area contributed by atoms with Crippen LogP contribution in [0.4, 0.5) is 0 Å². The van der Waals surface area contributed by atoms with Crippen LogP contribution in [0.1, 0.15) is 11.1 Å². The molecule has 0 aliphatic heterocycles. The Bertz CT molecular complexity index is 374. The van der Waals surface area contributed by atoms with Crippen molar-refractivity contribution in [3.8, 4) is 0 Å². The van der Waals surface area contributed by atoms with E-state index in [4.69, 9.17) is 13.2 Å². The minimum atomic E-state index is 0. The molecular formula is C16H14Zn. The maximum atomic E-state index is 5.22. The fourth-order valence-corrected chi connectivity index (χ4v) is 1.13. The van der Waals surface area contributed by atoms with Gasteiger partial charge in [0.2, 0.25) is 0 Å². The van der Waals surface area contributed by atoms with Gasteiger partial charge in [-0.3, -0.25) is 13.2 Å². The summed E-state index contributed by atoms with van der Waals surface area (Å²) < 4.78 is 0. The Hall–Kier alpha value is -1.46. The number of benzene rings is 2. The van der Waals surface area contributed by atoms with Crippen LogP contribution in [0, 0.1) is 13.2 Å². The van der Waals surface area contributed by atoms with Crippen LogP contribution in [0.2, 0.25) is 0 Å². The Labute approximate surface area is 116 Å². The first-order chi connectivity index (χ1) is 7.86. The summed E-state index contributed by atoms with van der Waals surface area (Å²) in [6.07, 6.45) is 3.17. The van der Waals surface area contributed by atoms with E-state index >= 15 is 0 Å². The van der Waals surface area contributed by atoms with E-state index in [1.54, 1.807) is 12.2 Å². The second kappa shape index (κ2) is 9.75. The van der Waals surface area contributed by atoms with Crippen LogP contribution in [0.3, 0.4) is 0 Å². The zero-order valence-corrected chi connectivity index (χ0v) is 12.8. The number of rotatable bonds is 2. The van der Waals surface area contributed by atoms with Crippen LogP contribution in [-0.4, -0.2) is 0 Å². The van der Waals surface area contributed by atoms with E-state index < -0.39 is 0 Å². The van der Waals surface area contributed by atoms with E-state index in [1.807, 2.05) is 60.7 Å². The molecule has 1 heteroatoms. The van der Waals surface area contributed by atoms with Gasteiger partial charge in [-0.25, -0.2) is 12.2 Å². The molecule has 0 aliphatic carbocycles. The maximum absolute atomic E-state index is 5.22. The first-order valence-corrected chi connectivity index (χ1v) is 5.07. The van der Waals surface area contributed by atoms with E-state index in [9.17, 15) is 0 Å². The molecule has 2 aromatic rings. The van der Waals surface area contributed by atoms with Crippen LogP contribution in [0.25, 0.3) is 12.2 Å². The Balaban J connectivity index is 0.000000284. The summed E-state index contributed by atoms with van der Waals surface area (Å²) in [7, 11) is 0. The van der Waals surface area contributed by atoms with Crippen molar-refractivity contribution in [2.75, 3.05) is 0 Å². The molecule has 0 aromatic heterocycles. The largest absolute Gasteiger partial charge is 2.00 e. The molecule has 0 heterocycles. The summed E-state index contributed by atoms with van der Waals surface area (Å²) >= 11 is 0. The Kier molecular flexibility index (Phi) is 8.91. The van der Waals surface area contributed by atoms with Gasteiger partial charge in [0.25, 0.3) is 0 Å². The van der Waals surface area contributed by atoms with E-state index in [0.717, 1.165) is 11.1 Å². The molecule has 0 unspecified atom stereocenters. The molecule has 0 amide bonds. The molecule has 0 atom stereocenters. The van der Waals surface area contributed by atoms with Gasteiger partial charge in [0.1, 0.15) is 0 Å². The summed E-state index contributed by atoms with van der Waals surface area (Å²) in [4.78, 5) is 0. The summed E-state index contributed by atoms with van der Waals surface area (Å²) in [5, 5.41) is 0. The number of hydrogen-bond acceptors (Lipinski definition) is 0. The van der Waals surface area contributed by atoms with Crippen LogP contribution in [-0.2, 0) is 19.5 Å². The van der Waals surface area contributed by atoms with E-state index in [1.165, 1.54) is 0 Å². The average Bonchev–Trinajstić information content (AvgIpc) is 2.41. The molecule has 0 N–H and O–H groups in total. The first-order valence-electron chi connectivity index (χ1n) is 5.07. The van der Waals surface area contributed by atoms with Gasteiger partial charge >= 0.3 is 19.5 Å². The monoisotopic (exact) mass is 270 g/mol. The molecular weight excluding hydrogens is 258 g/mol. The van der Waals surface area contributed by atoms with E-state index in [2.05, 4.69) is 0 Å². The SMILES string of the molecule is [CH-]=Cc1ccccc1.[CH-]=Cc1ccccc1.[Zn+2]. The van der Waals surface area contributed by atoms with E-state index in [-0.39, 0.29) is 19.5 Å². The molecule has 0 saturated carbocycles. The van der Waals surface area contributed by atoms with Crippen molar-refractivity contribution < 1.29 is 19.5 Å². The minimum absolute atomic E-state index is 0. The molecule has 0 aliphatic rings. The fourth-order valence-electron chi connectivity index (χ4n) is 1.13. The average molecular weight is 272 g/mol. The normalized spacial score (nSPS) is 8.00. The number of hydrogen-bond donors (Lipinski definition) is 0. The summed E-state index contributed by atoms with van der Waals surface area (Å²) in [5.74, 6) is 0. The molecule has 2 aromatic carbocycles. The van der Waals surface area contributed by atoms with Crippen molar-refractivity contribution in [1.29, 1.82) is 0 Å². The molecule has 0 spiro atoms. The van der Waals surface area contributed by atoms with Crippen molar-refractivity contribution in [2.45, 2.75) is 0 Å². The Morgan fingerprint density at radius 2 is 0.882 bits per heavy atom. The first kappa shape index (κ1) is 15.5. The third kappa shape index (κ3) is 6.65. The zero-order chi connectivity index (χ0) is 11.6. The van der Waals surface area contributed by atoms with Gasteiger partial charge in [-0.2, -0.15) is 11.1 Å².